The lowest BCUT2D eigenvalue weighted by Gasteiger charge is -2.18. The Labute approximate surface area is 116 Å². The molecule has 0 heterocycles. The van der Waals surface area contributed by atoms with Crippen molar-refractivity contribution >= 4 is 5.69 Å². The van der Waals surface area contributed by atoms with E-state index in [-0.39, 0.29) is 0 Å². The second-order valence-corrected chi connectivity index (χ2v) is 4.99. The molecule has 0 bridgehead atoms. The van der Waals surface area contributed by atoms with Crippen LogP contribution in [0.1, 0.15) is 31.4 Å². The van der Waals surface area contributed by atoms with Crippen LogP contribution in [0.25, 0.3) is 0 Å². The summed E-state index contributed by atoms with van der Waals surface area (Å²) in [5.74, 6) is 0. The van der Waals surface area contributed by atoms with Crippen molar-refractivity contribution in [2.45, 2.75) is 39.2 Å². The molecule has 2 aromatic carbocycles. The third-order valence-electron chi connectivity index (χ3n) is 3.55. The van der Waals surface area contributed by atoms with Gasteiger partial charge in [0.1, 0.15) is 0 Å². The van der Waals surface area contributed by atoms with Gasteiger partial charge in [-0.2, -0.15) is 0 Å². The molecule has 0 aliphatic carbocycles. The highest BCUT2D eigenvalue weighted by Crippen LogP contribution is 2.15. The monoisotopic (exact) mass is 253 g/mol. The van der Waals surface area contributed by atoms with E-state index in [0.29, 0.717) is 6.04 Å². The van der Waals surface area contributed by atoms with Crippen molar-refractivity contribution in [1.29, 1.82) is 0 Å². The summed E-state index contributed by atoms with van der Waals surface area (Å²) in [5, 5.41) is 3.63. The van der Waals surface area contributed by atoms with E-state index < -0.39 is 0 Å². The molecule has 0 amide bonds. The van der Waals surface area contributed by atoms with Crippen molar-refractivity contribution in [2.75, 3.05) is 5.32 Å². The Morgan fingerprint density at radius 3 is 2.11 bits per heavy atom. The maximum absolute atomic E-state index is 3.63. The number of anilines is 1. The molecule has 0 fully saturated rings. The van der Waals surface area contributed by atoms with E-state index in [1.807, 2.05) is 0 Å². The van der Waals surface area contributed by atoms with Crippen LogP contribution in [0.4, 0.5) is 5.69 Å². The van der Waals surface area contributed by atoms with E-state index in [9.17, 15) is 0 Å². The van der Waals surface area contributed by atoms with E-state index in [2.05, 4.69) is 73.8 Å². The first-order chi connectivity index (χ1) is 9.31. The lowest BCUT2D eigenvalue weighted by Crippen LogP contribution is -2.21. The predicted octanol–water partition coefficient (Wildman–Crippen LogP) is 4.68. The molecule has 0 aromatic heterocycles. The third kappa shape index (κ3) is 4.13. The molecule has 0 radical (unpaired) electrons. The minimum absolute atomic E-state index is 0.495. The summed E-state index contributed by atoms with van der Waals surface area (Å²) in [4.78, 5) is 0. The number of hydrogen-bond donors (Lipinski definition) is 1. The molecule has 0 aliphatic heterocycles. The molecule has 1 heteroatoms. The van der Waals surface area contributed by atoms with Crippen molar-refractivity contribution in [3.63, 3.8) is 0 Å². The second kappa shape index (κ2) is 6.98. The summed E-state index contributed by atoms with van der Waals surface area (Å²) in [7, 11) is 0. The van der Waals surface area contributed by atoms with Gasteiger partial charge in [-0.15, -0.1) is 0 Å². The normalized spacial score (nSPS) is 12.1. The molecule has 0 saturated heterocycles. The first-order valence-corrected chi connectivity index (χ1v) is 7.21. The van der Waals surface area contributed by atoms with Crippen molar-refractivity contribution in [1.82, 2.24) is 0 Å². The maximum Gasteiger partial charge on any atom is 0.0342 e. The number of rotatable bonds is 6. The highest BCUT2D eigenvalue weighted by Gasteiger charge is 2.07. The third-order valence-corrected chi connectivity index (χ3v) is 3.55. The van der Waals surface area contributed by atoms with Gasteiger partial charge < -0.3 is 5.32 Å². The summed E-state index contributed by atoms with van der Waals surface area (Å²) in [6.07, 6.45) is 3.30. The number of hydrogen-bond acceptors (Lipinski definition) is 1. The van der Waals surface area contributed by atoms with Crippen molar-refractivity contribution < 1.29 is 0 Å². The zero-order valence-corrected chi connectivity index (χ0v) is 11.9. The van der Waals surface area contributed by atoms with Crippen molar-refractivity contribution in [3.8, 4) is 0 Å². The Bertz CT molecular complexity index is 473. The lowest BCUT2D eigenvalue weighted by molar-refractivity contribution is 0.690. The van der Waals surface area contributed by atoms with Gasteiger partial charge in [-0.1, -0.05) is 56.3 Å². The Balaban J connectivity index is 1.98. The topological polar surface area (TPSA) is 12.0 Å². The smallest absolute Gasteiger partial charge is 0.0342 e. The average molecular weight is 253 g/mol. The Kier molecular flexibility index (Phi) is 5.02. The quantitative estimate of drug-likeness (QED) is 0.788. The molecule has 1 N–H and O–H groups in total. The van der Waals surface area contributed by atoms with Gasteiger partial charge in [-0.3, -0.25) is 0 Å². The summed E-state index contributed by atoms with van der Waals surface area (Å²) in [5.41, 5.74) is 4.01. The highest BCUT2D eigenvalue weighted by molar-refractivity contribution is 5.45. The highest BCUT2D eigenvalue weighted by atomic mass is 14.9. The van der Waals surface area contributed by atoms with Crippen LogP contribution in [0.2, 0.25) is 0 Å². The van der Waals surface area contributed by atoms with Gasteiger partial charge in [0, 0.05) is 11.7 Å². The van der Waals surface area contributed by atoms with Crippen LogP contribution >= 0.6 is 0 Å². The Morgan fingerprint density at radius 2 is 1.53 bits per heavy atom. The van der Waals surface area contributed by atoms with Gasteiger partial charge >= 0.3 is 0 Å². The largest absolute Gasteiger partial charge is 0.382 e. The Hall–Kier alpha value is -1.76. The molecule has 1 unspecified atom stereocenters. The van der Waals surface area contributed by atoms with E-state index in [1.54, 1.807) is 0 Å². The minimum atomic E-state index is 0.495. The fraction of sp³-hybridized carbons (Fsp3) is 0.333. The lowest BCUT2D eigenvalue weighted by atomic mass is 10.0. The van der Waals surface area contributed by atoms with Gasteiger partial charge in [0.2, 0.25) is 0 Å². The fourth-order valence-corrected chi connectivity index (χ4v) is 2.27. The molecular weight excluding hydrogens is 230 g/mol. The second-order valence-electron chi connectivity index (χ2n) is 4.99. The molecule has 0 aliphatic rings. The summed E-state index contributed by atoms with van der Waals surface area (Å²) in [6, 6.07) is 20.0. The van der Waals surface area contributed by atoms with E-state index in [1.165, 1.54) is 16.8 Å². The molecule has 0 saturated carbocycles. The van der Waals surface area contributed by atoms with Crippen LogP contribution in [-0.4, -0.2) is 6.04 Å². The molecule has 1 atom stereocenters. The van der Waals surface area contributed by atoms with Crippen LogP contribution < -0.4 is 5.32 Å². The molecule has 2 rings (SSSR count). The van der Waals surface area contributed by atoms with Crippen LogP contribution in [0.15, 0.2) is 54.6 Å². The molecule has 2 aromatic rings. The molecular formula is C18H23N. The first-order valence-electron chi connectivity index (χ1n) is 7.21. The van der Waals surface area contributed by atoms with Gasteiger partial charge in [-0.25, -0.2) is 0 Å². The summed E-state index contributed by atoms with van der Waals surface area (Å²) < 4.78 is 0. The van der Waals surface area contributed by atoms with Crippen LogP contribution in [0.3, 0.4) is 0 Å². The van der Waals surface area contributed by atoms with Crippen LogP contribution in [0, 0.1) is 0 Å². The SMILES string of the molecule is CCc1ccc(NC(CC)Cc2ccccc2)cc1. The van der Waals surface area contributed by atoms with Gasteiger partial charge in [0.05, 0.1) is 0 Å². The van der Waals surface area contributed by atoms with Crippen LogP contribution in [-0.2, 0) is 12.8 Å². The summed E-state index contributed by atoms with van der Waals surface area (Å²) in [6.45, 7) is 4.42. The molecule has 0 spiro atoms. The number of benzene rings is 2. The van der Waals surface area contributed by atoms with Crippen LogP contribution in [0.5, 0.6) is 0 Å². The molecule has 1 nitrogen and oxygen atoms in total. The van der Waals surface area contributed by atoms with Gasteiger partial charge in [-0.05, 0) is 42.5 Å². The molecule has 100 valence electrons. The zero-order valence-electron chi connectivity index (χ0n) is 11.9. The zero-order chi connectivity index (χ0) is 13.5. The van der Waals surface area contributed by atoms with E-state index in [4.69, 9.17) is 0 Å². The van der Waals surface area contributed by atoms with Crippen molar-refractivity contribution in [2.24, 2.45) is 0 Å². The standard InChI is InChI=1S/C18H23N/c1-3-15-10-12-18(13-11-15)19-17(4-2)14-16-8-6-5-7-9-16/h5-13,17,19H,3-4,14H2,1-2H3. The molecule has 19 heavy (non-hydrogen) atoms. The van der Waals surface area contributed by atoms with E-state index in [0.717, 1.165) is 19.3 Å². The number of aryl methyl sites for hydroxylation is 1. The minimum Gasteiger partial charge on any atom is -0.382 e. The van der Waals surface area contributed by atoms with Crippen molar-refractivity contribution in [3.05, 3.63) is 65.7 Å². The van der Waals surface area contributed by atoms with Gasteiger partial charge in [0.25, 0.3) is 0 Å². The predicted molar refractivity (Wildman–Crippen MR) is 83.7 cm³/mol. The fourth-order valence-electron chi connectivity index (χ4n) is 2.27. The van der Waals surface area contributed by atoms with Gasteiger partial charge in [0.15, 0.2) is 0 Å². The first kappa shape index (κ1) is 13.7. The van der Waals surface area contributed by atoms with E-state index >= 15 is 0 Å². The maximum atomic E-state index is 3.63. The summed E-state index contributed by atoms with van der Waals surface area (Å²) >= 11 is 0. The Morgan fingerprint density at radius 1 is 0.842 bits per heavy atom. The average Bonchev–Trinajstić information content (AvgIpc) is 2.48. The number of nitrogens with one attached hydrogen (secondary N) is 1.